The summed E-state index contributed by atoms with van der Waals surface area (Å²) in [5, 5.41) is 3.48. The average Bonchev–Trinajstić information content (AvgIpc) is 3.17. The predicted octanol–water partition coefficient (Wildman–Crippen LogP) is 4.37. The fourth-order valence-electron chi connectivity index (χ4n) is 4.58. The van der Waals surface area contributed by atoms with E-state index in [0.717, 1.165) is 68.4 Å². The number of aryl methyl sites for hydroxylation is 3. The van der Waals surface area contributed by atoms with Gasteiger partial charge in [-0.1, -0.05) is 57.2 Å². The van der Waals surface area contributed by atoms with Gasteiger partial charge in [0.05, 0.1) is 19.3 Å². The molecule has 0 bridgehead atoms. The number of benzene rings is 1. The van der Waals surface area contributed by atoms with Crippen molar-refractivity contribution in [2.75, 3.05) is 32.8 Å². The molecule has 1 saturated heterocycles. The van der Waals surface area contributed by atoms with Gasteiger partial charge in [0.2, 0.25) is 0 Å². The predicted molar refractivity (Wildman–Crippen MR) is 140 cm³/mol. The first-order valence-electron chi connectivity index (χ1n) is 12.6. The Labute approximate surface area is 204 Å². The zero-order valence-electron chi connectivity index (χ0n) is 21.3. The first kappa shape index (κ1) is 24.6. The van der Waals surface area contributed by atoms with Crippen molar-refractivity contribution in [1.29, 1.82) is 0 Å². The van der Waals surface area contributed by atoms with Gasteiger partial charge in [-0.05, 0) is 36.6 Å². The Bertz CT molecular complexity index is 1120. The molecule has 4 rings (SSSR count). The highest BCUT2D eigenvalue weighted by Crippen LogP contribution is 2.21. The van der Waals surface area contributed by atoms with Crippen molar-refractivity contribution in [3.8, 4) is 0 Å². The number of nitrogens with one attached hydrogen (secondary N) is 1. The SMILES string of the molecule is CCc1nc2c(C)cc(C)nc2n1Cc1ccc(/C=C/CN2CCOC(CNC(C)C)C2)cc1. The molecular formula is C28H39N5O. The van der Waals surface area contributed by atoms with E-state index in [1.807, 2.05) is 0 Å². The first-order valence-corrected chi connectivity index (χ1v) is 12.6. The lowest BCUT2D eigenvalue weighted by atomic mass is 10.1. The van der Waals surface area contributed by atoms with E-state index in [2.05, 4.69) is 91.9 Å². The molecule has 0 spiro atoms. The summed E-state index contributed by atoms with van der Waals surface area (Å²) >= 11 is 0. The molecule has 1 aliphatic heterocycles. The van der Waals surface area contributed by atoms with Crippen LogP contribution in [0.4, 0.5) is 0 Å². The van der Waals surface area contributed by atoms with E-state index in [4.69, 9.17) is 14.7 Å². The summed E-state index contributed by atoms with van der Waals surface area (Å²) in [6.07, 6.45) is 5.66. The van der Waals surface area contributed by atoms with Crippen LogP contribution in [-0.4, -0.2) is 64.4 Å². The lowest BCUT2D eigenvalue weighted by Crippen LogP contribution is -2.47. The van der Waals surface area contributed by atoms with Crippen molar-refractivity contribution in [2.24, 2.45) is 0 Å². The van der Waals surface area contributed by atoms with Crippen molar-refractivity contribution in [3.63, 3.8) is 0 Å². The number of morpholine rings is 1. The highest BCUT2D eigenvalue weighted by atomic mass is 16.5. The molecule has 34 heavy (non-hydrogen) atoms. The maximum atomic E-state index is 5.90. The molecular weight excluding hydrogens is 422 g/mol. The second-order valence-corrected chi connectivity index (χ2v) is 9.68. The van der Waals surface area contributed by atoms with E-state index < -0.39 is 0 Å². The Balaban J connectivity index is 1.37. The highest BCUT2D eigenvalue weighted by Gasteiger charge is 2.19. The summed E-state index contributed by atoms with van der Waals surface area (Å²) in [6.45, 7) is 16.1. The lowest BCUT2D eigenvalue weighted by Gasteiger charge is -2.32. The Morgan fingerprint density at radius 2 is 1.97 bits per heavy atom. The number of hydrogen-bond donors (Lipinski definition) is 1. The lowest BCUT2D eigenvalue weighted by molar-refractivity contribution is -0.0238. The van der Waals surface area contributed by atoms with Crippen molar-refractivity contribution in [1.82, 2.24) is 24.8 Å². The fourth-order valence-corrected chi connectivity index (χ4v) is 4.58. The second-order valence-electron chi connectivity index (χ2n) is 9.68. The Hall–Kier alpha value is -2.54. The molecule has 1 atom stereocenters. The van der Waals surface area contributed by atoms with Gasteiger partial charge in [0.15, 0.2) is 5.65 Å². The Kier molecular flexibility index (Phi) is 8.14. The van der Waals surface area contributed by atoms with Crippen LogP contribution in [0.15, 0.2) is 36.4 Å². The van der Waals surface area contributed by atoms with Gasteiger partial charge in [-0.15, -0.1) is 0 Å². The Morgan fingerprint density at radius 1 is 1.18 bits per heavy atom. The molecule has 1 N–H and O–H groups in total. The molecule has 0 amide bonds. The monoisotopic (exact) mass is 461 g/mol. The normalized spacial score (nSPS) is 17.4. The number of imidazole rings is 1. The van der Waals surface area contributed by atoms with Crippen LogP contribution in [0.25, 0.3) is 17.2 Å². The Morgan fingerprint density at radius 3 is 2.71 bits per heavy atom. The third kappa shape index (κ3) is 6.12. The van der Waals surface area contributed by atoms with Gasteiger partial charge in [-0.2, -0.15) is 0 Å². The van der Waals surface area contributed by atoms with Gasteiger partial charge < -0.3 is 14.6 Å². The molecule has 6 heteroatoms. The standard InChI is InChI=1S/C28H39N5O/c1-6-26-31-27-21(4)16-22(5)30-28(27)33(26)18-24-11-9-23(10-12-24)8-7-13-32-14-15-34-25(19-32)17-29-20(2)3/h7-12,16,20,25,29H,6,13-15,17-19H2,1-5H3/b8-7+. The minimum atomic E-state index is 0.276. The minimum Gasteiger partial charge on any atom is -0.374 e. The van der Waals surface area contributed by atoms with E-state index >= 15 is 0 Å². The van der Waals surface area contributed by atoms with Crippen LogP contribution in [0.2, 0.25) is 0 Å². The zero-order chi connectivity index (χ0) is 24.1. The maximum absolute atomic E-state index is 5.90. The van der Waals surface area contributed by atoms with Crippen LogP contribution in [-0.2, 0) is 17.7 Å². The fraction of sp³-hybridized carbons (Fsp3) is 0.500. The number of rotatable bonds is 9. The van der Waals surface area contributed by atoms with E-state index in [-0.39, 0.29) is 6.10 Å². The quantitative estimate of drug-likeness (QED) is 0.513. The molecule has 182 valence electrons. The van der Waals surface area contributed by atoms with Gasteiger partial charge in [0.1, 0.15) is 11.3 Å². The van der Waals surface area contributed by atoms with Gasteiger partial charge in [-0.25, -0.2) is 9.97 Å². The van der Waals surface area contributed by atoms with Crippen LogP contribution in [0.3, 0.4) is 0 Å². The van der Waals surface area contributed by atoms with Crippen molar-refractivity contribution < 1.29 is 4.74 Å². The largest absolute Gasteiger partial charge is 0.374 e. The average molecular weight is 462 g/mol. The molecule has 1 unspecified atom stereocenters. The molecule has 0 saturated carbocycles. The van der Waals surface area contributed by atoms with E-state index in [0.29, 0.717) is 6.04 Å². The highest BCUT2D eigenvalue weighted by molar-refractivity contribution is 5.76. The van der Waals surface area contributed by atoms with Crippen LogP contribution in [0, 0.1) is 13.8 Å². The molecule has 3 aromatic rings. The van der Waals surface area contributed by atoms with Crippen molar-refractivity contribution in [2.45, 2.75) is 59.7 Å². The number of hydrogen-bond acceptors (Lipinski definition) is 5. The minimum absolute atomic E-state index is 0.276. The molecule has 2 aromatic heterocycles. The summed E-state index contributed by atoms with van der Waals surface area (Å²) in [7, 11) is 0. The number of pyridine rings is 1. The second kappa shape index (κ2) is 11.3. The van der Waals surface area contributed by atoms with Gasteiger partial charge in [0.25, 0.3) is 0 Å². The molecule has 3 heterocycles. The van der Waals surface area contributed by atoms with Crippen LogP contribution in [0.5, 0.6) is 0 Å². The van der Waals surface area contributed by atoms with Crippen LogP contribution < -0.4 is 5.32 Å². The first-order chi connectivity index (χ1) is 16.4. The van der Waals surface area contributed by atoms with Crippen LogP contribution >= 0.6 is 0 Å². The van der Waals surface area contributed by atoms with Crippen molar-refractivity contribution >= 4 is 17.2 Å². The van der Waals surface area contributed by atoms with E-state index in [1.54, 1.807) is 0 Å². The van der Waals surface area contributed by atoms with Gasteiger partial charge in [-0.3, -0.25) is 4.90 Å². The third-order valence-electron chi connectivity index (χ3n) is 6.39. The molecule has 0 aliphatic carbocycles. The number of aromatic nitrogens is 3. The molecule has 1 aliphatic rings. The number of fused-ring (bicyclic) bond motifs is 1. The molecule has 1 aromatic carbocycles. The number of nitrogens with zero attached hydrogens (tertiary/aromatic N) is 4. The van der Waals surface area contributed by atoms with E-state index in [1.165, 1.54) is 16.7 Å². The van der Waals surface area contributed by atoms with Gasteiger partial charge in [0, 0.05) is 44.3 Å². The van der Waals surface area contributed by atoms with Crippen LogP contribution in [0.1, 0.15) is 49.0 Å². The van der Waals surface area contributed by atoms with Crippen molar-refractivity contribution in [3.05, 3.63) is 64.6 Å². The summed E-state index contributed by atoms with van der Waals surface area (Å²) in [4.78, 5) is 12.1. The summed E-state index contributed by atoms with van der Waals surface area (Å²) in [6, 6.07) is 11.4. The molecule has 6 nitrogen and oxygen atoms in total. The maximum Gasteiger partial charge on any atom is 0.160 e. The molecule has 0 radical (unpaired) electrons. The third-order valence-corrected chi connectivity index (χ3v) is 6.39. The molecule has 1 fully saturated rings. The summed E-state index contributed by atoms with van der Waals surface area (Å²) in [5.41, 5.74) is 6.74. The van der Waals surface area contributed by atoms with E-state index in [9.17, 15) is 0 Å². The number of ether oxygens (including phenoxy) is 1. The topological polar surface area (TPSA) is 55.2 Å². The summed E-state index contributed by atoms with van der Waals surface area (Å²) < 4.78 is 8.16. The smallest absolute Gasteiger partial charge is 0.160 e. The zero-order valence-corrected chi connectivity index (χ0v) is 21.3. The van der Waals surface area contributed by atoms with Gasteiger partial charge >= 0.3 is 0 Å². The summed E-state index contributed by atoms with van der Waals surface area (Å²) in [5.74, 6) is 1.09.